The van der Waals surface area contributed by atoms with E-state index in [0.717, 1.165) is 29.8 Å². The van der Waals surface area contributed by atoms with E-state index in [4.69, 9.17) is 4.74 Å². The lowest BCUT2D eigenvalue weighted by molar-refractivity contribution is -0.135. The summed E-state index contributed by atoms with van der Waals surface area (Å²) in [6, 6.07) is 8.08. The second kappa shape index (κ2) is 7.91. The van der Waals surface area contributed by atoms with E-state index in [1.807, 2.05) is 49.6 Å². The van der Waals surface area contributed by atoms with E-state index < -0.39 is 0 Å². The Morgan fingerprint density at radius 2 is 2.19 bits per heavy atom. The van der Waals surface area contributed by atoms with Gasteiger partial charge in [-0.25, -0.2) is 0 Å². The van der Waals surface area contributed by atoms with Crippen LogP contribution in [0.15, 0.2) is 36.7 Å². The van der Waals surface area contributed by atoms with Crippen LogP contribution in [-0.2, 0) is 18.3 Å². The zero-order valence-corrected chi connectivity index (χ0v) is 16.0. The van der Waals surface area contributed by atoms with Crippen molar-refractivity contribution in [1.82, 2.24) is 20.0 Å². The van der Waals surface area contributed by atoms with Crippen LogP contribution in [0.1, 0.15) is 24.0 Å². The normalized spacial score (nSPS) is 20.8. The number of amides is 1. The van der Waals surface area contributed by atoms with Gasteiger partial charge in [-0.3, -0.25) is 9.48 Å². The van der Waals surface area contributed by atoms with E-state index in [2.05, 4.69) is 23.4 Å². The highest BCUT2D eigenvalue weighted by Crippen LogP contribution is 2.30. The number of aryl methyl sites for hydroxylation is 1. The standard InChI is InChI=1S/C20H28N4O2/c1-14(9-15-7-5-6-8-19(15)26-4)24(3)20(25)18-12-21-11-17(18)16-10-22-23(2)13-16/h5-8,10,13-14,17-18,21H,9,11-12H2,1-4H3/t14?,17-,18+/m1/s1. The molecule has 1 aromatic carbocycles. The Balaban J connectivity index is 1.70. The van der Waals surface area contributed by atoms with Crippen LogP contribution in [0.25, 0.3) is 0 Å². The van der Waals surface area contributed by atoms with Gasteiger partial charge in [-0.15, -0.1) is 0 Å². The SMILES string of the molecule is COc1ccccc1CC(C)N(C)C(=O)[C@H]1CNC[C@@H]1c1cnn(C)c1. The molecule has 2 heterocycles. The van der Waals surface area contributed by atoms with E-state index in [-0.39, 0.29) is 23.8 Å². The number of hydrogen-bond acceptors (Lipinski definition) is 4. The molecule has 0 bridgehead atoms. The van der Waals surface area contributed by atoms with Crippen LogP contribution < -0.4 is 10.1 Å². The predicted octanol–water partition coefficient (Wildman–Crippen LogP) is 1.82. The van der Waals surface area contributed by atoms with Crippen molar-refractivity contribution >= 4 is 5.91 Å². The van der Waals surface area contributed by atoms with Crippen molar-refractivity contribution in [1.29, 1.82) is 0 Å². The molecule has 0 radical (unpaired) electrons. The third kappa shape index (κ3) is 3.75. The summed E-state index contributed by atoms with van der Waals surface area (Å²) in [4.78, 5) is 15.0. The van der Waals surface area contributed by atoms with Crippen LogP contribution in [-0.4, -0.2) is 53.9 Å². The fourth-order valence-corrected chi connectivity index (χ4v) is 3.73. The number of likely N-dealkylation sites (N-methyl/N-ethyl adjacent to an activating group) is 1. The molecule has 1 aromatic heterocycles. The molecule has 1 saturated heterocycles. The number of nitrogens with one attached hydrogen (secondary N) is 1. The van der Waals surface area contributed by atoms with Crippen LogP contribution in [0, 0.1) is 5.92 Å². The Hall–Kier alpha value is -2.34. The number of carbonyl (C=O) groups excluding carboxylic acids is 1. The van der Waals surface area contributed by atoms with Gasteiger partial charge in [-0.05, 0) is 30.5 Å². The van der Waals surface area contributed by atoms with Crippen LogP contribution in [0.4, 0.5) is 0 Å². The third-order valence-electron chi connectivity index (χ3n) is 5.40. The Kier molecular flexibility index (Phi) is 5.61. The molecule has 1 N–H and O–H groups in total. The van der Waals surface area contributed by atoms with Gasteiger partial charge in [0.05, 0.1) is 19.2 Å². The molecule has 0 spiro atoms. The van der Waals surface area contributed by atoms with E-state index in [1.165, 1.54) is 0 Å². The monoisotopic (exact) mass is 356 g/mol. The first kappa shape index (κ1) is 18.5. The van der Waals surface area contributed by atoms with Gasteiger partial charge in [0, 0.05) is 45.3 Å². The highest BCUT2D eigenvalue weighted by Gasteiger charge is 2.37. The second-order valence-corrected chi connectivity index (χ2v) is 7.13. The van der Waals surface area contributed by atoms with E-state index in [9.17, 15) is 4.79 Å². The number of methoxy groups -OCH3 is 1. The summed E-state index contributed by atoms with van der Waals surface area (Å²) in [5, 5.41) is 7.63. The number of carbonyl (C=O) groups is 1. The average Bonchev–Trinajstić information content (AvgIpc) is 3.29. The molecule has 3 rings (SSSR count). The molecule has 6 heteroatoms. The maximum Gasteiger partial charge on any atom is 0.227 e. The van der Waals surface area contributed by atoms with Crippen molar-refractivity contribution in [2.24, 2.45) is 13.0 Å². The van der Waals surface area contributed by atoms with Crippen molar-refractivity contribution < 1.29 is 9.53 Å². The minimum Gasteiger partial charge on any atom is -0.496 e. The molecule has 0 aliphatic carbocycles. The first-order chi connectivity index (χ1) is 12.5. The summed E-state index contributed by atoms with van der Waals surface area (Å²) in [7, 11) is 5.49. The van der Waals surface area contributed by atoms with Crippen molar-refractivity contribution in [3.05, 3.63) is 47.8 Å². The minimum atomic E-state index is -0.0516. The largest absolute Gasteiger partial charge is 0.496 e. The summed E-state index contributed by atoms with van der Waals surface area (Å²) < 4.78 is 7.24. The number of nitrogens with zero attached hydrogens (tertiary/aromatic N) is 3. The maximum absolute atomic E-state index is 13.1. The molecule has 3 atom stereocenters. The summed E-state index contributed by atoms with van der Waals surface area (Å²) in [6.07, 6.45) is 4.65. The highest BCUT2D eigenvalue weighted by molar-refractivity contribution is 5.80. The van der Waals surface area contributed by atoms with Crippen LogP contribution in [0.5, 0.6) is 5.75 Å². The van der Waals surface area contributed by atoms with Crippen LogP contribution in [0.2, 0.25) is 0 Å². The average molecular weight is 356 g/mol. The zero-order valence-electron chi connectivity index (χ0n) is 16.0. The first-order valence-electron chi connectivity index (χ1n) is 9.09. The third-order valence-corrected chi connectivity index (χ3v) is 5.40. The van der Waals surface area contributed by atoms with E-state index in [0.29, 0.717) is 6.54 Å². The Labute approximate surface area is 155 Å². The molecule has 1 unspecified atom stereocenters. The topological polar surface area (TPSA) is 59.4 Å². The second-order valence-electron chi connectivity index (χ2n) is 7.13. The van der Waals surface area contributed by atoms with Gasteiger partial charge in [0.15, 0.2) is 0 Å². The van der Waals surface area contributed by atoms with E-state index in [1.54, 1.807) is 11.8 Å². The van der Waals surface area contributed by atoms with Crippen molar-refractivity contribution in [3.8, 4) is 5.75 Å². The smallest absolute Gasteiger partial charge is 0.227 e. The number of para-hydroxylation sites is 1. The maximum atomic E-state index is 13.1. The van der Waals surface area contributed by atoms with Gasteiger partial charge in [-0.1, -0.05) is 18.2 Å². The number of hydrogen-bond donors (Lipinski definition) is 1. The lowest BCUT2D eigenvalue weighted by Crippen LogP contribution is -2.42. The molecular weight excluding hydrogens is 328 g/mol. The number of aromatic nitrogens is 2. The summed E-state index contributed by atoms with van der Waals surface area (Å²) in [5.41, 5.74) is 2.25. The molecule has 1 aliphatic rings. The lowest BCUT2D eigenvalue weighted by atomic mass is 9.89. The number of ether oxygens (including phenoxy) is 1. The molecule has 1 aliphatic heterocycles. The van der Waals surface area contributed by atoms with Gasteiger partial charge < -0.3 is 15.0 Å². The zero-order chi connectivity index (χ0) is 18.7. The molecule has 1 fully saturated rings. The van der Waals surface area contributed by atoms with Crippen molar-refractivity contribution in [2.75, 3.05) is 27.2 Å². The van der Waals surface area contributed by atoms with Crippen molar-refractivity contribution in [2.45, 2.75) is 25.3 Å². The molecule has 1 amide bonds. The first-order valence-corrected chi connectivity index (χ1v) is 9.09. The summed E-state index contributed by atoms with van der Waals surface area (Å²) in [5.74, 6) is 1.18. The van der Waals surface area contributed by atoms with E-state index >= 15 is 0 Å². The Morgan fingerprint density at radius 3 is 2.88 bits per heavy atom. The van der Waals surface area contributed by atoms with Gasteiger partial charge >= 0.3 is 0 Å². The number of benzene rings is 1. The molecular formula is C20H28N4O2. The molecule has 140 valence electrons. The van der Waals surface area contributed by atoms with Gasteiger partial charge in [0.25, 0.3) is 0 Å². The number of rotatable bonds is 6. The summed E-state index contributed by atoms with van der Waals surface area (Å²) >= 11 is 0. The minimum absolute atomic E-state index is 0.0516. The van der Waals surface area contributed by atoms with Gasteiger partial charge in [-0.2, -0.15) is 5.10 Å². The Morgan fingerprint density at radius 1 is 1.42 bits per heavy atom. The Bertz CT molecular complexity index is 758. The lowest BCUT2D eigenvalue weighted by Gasteiger charge is -2.29. The highest BCUT2D eigenvalue weighted by atomic mass is 16.5. The summed E-state index contributed by atoms with van der Waals surface area (Å²) in [6.45, 7) is 3.62. The van der Waals surface area contributed by atoms with Gasteiger partial charge in [0.2, 0.25) is 5.91 Å². The van der Waals surface area contributed by atoms with Crippen molar-refractivity contribution in [3.63, 3.8) is 0 Å². The quantitative estimate of drug-likeness (QED) is 0.858. The molecule has 6 nitrogen and oxygen atoms in total. The molecule has 2 aromatic rings. The fourth-order valence-electron chi connectivity index (χ4n) is 3.73. The molecule has 0 saturated carbocycles. The fraction of sp³-hybridized carbons (Fsp3) is 0.500. The van der Waals surface area contributed by atoms with Gasteiger partial charge in [0.1, 0.15) is 5.75 Å². The molecule has 26 heavy (non-hydrogen) atoms. The van der Waals surface area contributed by atoms with Crippen LogP contribution >= 0.6 is 0 Å². The predicted molar refractivity (Wildman–Crippen MR) is 101 cm³/mol. The van der Waals surface area contributed by atoms with Crippen LogP contribution in [0.3, 0.4) is 0 Å².